The lowest BCUT2D eigenvalue weighted by Gasteiger charge is -2.20. The highest BCUT2D eigenvalue weighted by Crippen LogP contribution is 2.29. The fourth-order valence-corrected chi connectivity index (χ4v) is 2.52. The molecule has 2 rings (SSSR count). The van der Waals surface area contributed by atoms with Crippen LogP contribution in [0.15, 0.2) is 0 Å². The Balaban J connectivity index is 1.45. The molecule has 1 atom stereocenters. The number of hydrogen-bond acceptors (Lipinski definition) is 2. The molecule has 0 heterocycles. The second-order valence-electron chi connectivity index (χ2n) is 5.31. The zero-order chi connectivity index (χ0) is 10.5. The van der Waals surface area contributed by atoms with E-state index in [1.165, 1.54) is 38.5 Å². The van der Waals surface area contributed by atoms with Gasteiger partial charge in [-0.15, -0.1) is 0 Å². The van der Waals surface area contributed by atoms with Crippen LogP contribution in [0.1, 0.15) is 45.4 Å². The van der Waals surface area contributed by atoms with E-state index >= 15 is 0 Å². The summed E-state index contributed by atoms with van der Waals surface area (Å²) in [5.74, 6) is 1.82. The Morgan fingerprint density at radius 2 is 1.93 bits per heavy atom. The van der Waals surface area contributed by atoms with Crippen LogP contribution in [0, 0.1) is 11.8 Å². The van der Waals surface area contributed by atoms with Crippen molar-refractivity contribution in [2.75, 3.05) is 19.8 Å². The van der Waals surface area contributed by atoms with Gasteiger partial charge in [0.2, 0.25) is 0 Å². The highest BCUT2D eigenvalue weighted by atomic mass is 16.5. The molecule has 1 unspecified atom stereocenters. The van der Waals surface area contributed by atoms with Crippen molar-refractivity contribution in [3.05, 3.63) is 0 Å². The van der Waals surface area contributed by atoms with E-state index in [1.807, 2.05) is 0 Å². The SMILES string of the molecule is CC(NCCOCC1CC1)C1CCCC1. The van der Waals surface area contributed by atoms with E-state index in [-0.39, 0.29) is 0 Å². The summed E-state index contributed by atoms with van der Waals surface area (Å²) in [5, 5.41) is 3.59. The molecule has 2 aliphatic carbocycles. The van der Waals surface area contributed by atoms with Gasteiger partial charge in [-0.2, -0.15) is 0 Å². The van der Waals surface area contributed by atoms with E-state index in [0.29, 0.717) is 6.04 Å². The molecular formula is C13H25NO. The molecule has 0 aliphatic heterocycles. The van der Waals surface area contributed by atoms with Crippen molar-refractivity contribution in [3.8, 4) is 0 Å². The molecule has 2 nitrogen and oxygen atoms in total. The lowest BCUT2D eigenvalue weighted by molar-refractivity contribution is 0.122. The molecule has 0 radical (unpaired) electrons. The second-order valence-corrected chi connectivity index (χ2v) is 5.31. The summed E-state index contributed by atoms with van der Waals surface area (Å²) in [6, 6.07) is 0.692. The highest BCUT2D eigenvalue weighted by Gasteiger charge is 2.22. The van der Waals surface area contributed by atoms with Gasteiger partial charge in [0, 0.05) is 19.2 Å². The molecule has 2 aliphatic rings. The molecule has 0 spiro atoms. The first-order valence-electron chi connectivity index (χ1n) is 6.67. The maximum atomic E-state index is 5.61. The molecule has 1 N–H and O–H groups in total. The normalized spacial score (nSPS) is 24.6. The van der Waals surface area contributed by atoms with E-state index in [2.05, 4.69) is 12.2 Å². The third-order valence-corrected chi connectivity index (χ3v) is 3.87. The van der Waals surface area contributed by atoms with Crippen LogP contribution in [-0.2, 0) is 4.74 Å². The summed E-state index contributed by atoms with van der Waals surface area (Å²) >= 11 is 0. The third kappa shape index (κ3) is 4.12. The maximum absolute atomic E-state index is 5.61. The van der Waals surface area contributed by atoms with Gasteiger partial charge >= 0.3 is 0 Å². The van der Waals surface area contributed by atoms with Gasteiger partial charge in [-0.3, -0.25) is 0 Å². The number of nitrogens with one attached hydrogen (secondary N) is 1. The molecule has 0 aromatic carbocycles. The number of ether oxygens (including phenoxy) is 1. The van der Waals surface area contributed by atoms with Crippen LogP contribution in [0.5, 0.6) is 0 Å². The molecule has 2 saturated carbocycles. The maximum Gasteiger partial charge on any atom is 0.0591 e. The molecule has 0 aromatic rings. The Hall–Kier alpha value is -0.0800. The first kappa shape index (κ1) is 11.4. The second kappa shape index (κ2) is 5.86. The smallest absolute Gasteiger partial charge is 0.0591 e. The van der Waals surface area contributed by atoms with Gasteiger partial charge in [-0.25, -0.2) is 0 Å². The largest absolute Gasteiger partial charge is 0.380 e. The molecular weight excluding hydrogens is 186 g/mol. The highest BCUT2D eigenvalue weighted by molar-refractivity contribution is 4.77. The predicted octanol–water partition coefficient (Wildman–Crippen LogP) is 2.58. The molecule has 0 bridgehead atoms. The van der Waals surface area contributed by atoms with Gasteiger partial charge in [-0.1, -0.05) is 12.8 Å². The Labute approximate surface area is 93.8 Å². The van der Waals surface area contributed by atoms with Crippen LogP contribution >= 0.6 is 0 Å². The van der Waals surface area contributed by atoms with Crippen molar-refractivity contribution in [2.24, 2.45) is 11.8 Å². The Kier molecular flexibility index (Phi) is 4.45. The topological polar surface area (TPSA) is 21.3 Å². The lowest BCUT2D eigenvalue weighted by atomic mass is 10.00. The molecule has 88 valence electrons. The van der Waals surface area contributed by atoms with Crippen LogP contribution < -0.4 is 5.32 Å². The third-order valence-electron chi connectivity index (χ3n) is 3.87. The summed E-state index contributed by atoms with van der Waals surface area (Å²) < 4.78 is 5.61. The molecule has 2 heteroatoms. The van der Waals surface area contributed by atoms with Crippen molar-refractivity contribution < 1.29 is 4.74 Å². The van der Waals surface area contributed by atoms with Crippen molar-refractivity contribution in [1.29, 1.82) is 0 Å². The first-order chi connectivity index (χ1) is 7.36. The van der Waals surface area contributed by atoms with Gasteiger partial charge in [0.25, 0.3) is 0 Å². The summed E-state index contributed by atoms with van der Waals surface area (Å²) in [7, 11) is 0. The average Bonchev–Trinajstić information content (AvgIpc) is 2.90. The molecule has 15 heavy (non-hydrogen) atoms. The zero-order valence-corrected chi connectivity index (χ0v) is 10.0. The van der Waals surface area contributed by atoms with Gasteiger partial charge in [0.05, 0.1) is 6.61 Å². The number of rotatable bonds is 7. The lowest BCUT2D eigenvalue weighted by Crippen LogP contribution is -2.34. The summed E-state index contributed by atoms with van der Waals surface area (Å²) in [4.78, 5) is 0. The average molecular weight is 211 g/mol. The van der Waals surface area contributed by atoms with E-state index < -0.39 is 0 Å². The monoisotopic (exact) mass is 211 g/mol. The minimum atomic E-state index is 0.692. The summed E-state index contributed by atoms with van der Waals surface area (Å²) in [6.07, 6.45) is 8.52. The zero-order valence-electron chi connectivity index (χ0n) is 10.0. The van der Waals surface area contributed by atoms with Crippen molar-refractivity contribution in [2.45, 2.75) is 51.5 Å². The van der Waals surface area contributed by atoms with Crippen LogP contribution in [-0.4, -0.2) is 25.8 Å². The summed E-state index contributed by atoms with van der Waals surface area (Å²) in [5.41, 5.74) is 0. The standard InChI is InChI=1S/C13H25NO/c1-11(13-4-2-3-5-13)14-8-9-15-10-12-6-7-12/h11-14H,2-10H2,1H3. The van der Waals surface area contributed by atoms with Gasteiger partial charge < -0.3 is 10.1 Å². The van der Waals surface area contributed by atoms with E-state index in [0.717, 1.165) is 31.6 Å². The Morgan fingerprint density at radius 1 is 1.20 bits per heavy atom. The van der Waals surface area contributed by atoms with Gasteiger partial charge in [0.1, 0.15) is 0 Å². The number of hydrogen-bond donors (Lipinski definition) is 1. The van der Waals surface area contributed by atoms with E-state index in [4.69, 9.17) is 4.74 Å². The van der Waals surface area contributed by atoms with Crippen molar-refractivity contribution in [1.82, 2.24) is 5.32 Å². The van der Waals surface area contributed by atoms with Gasteiger partial charge in [-0.05, 0) is 44.4 Å². The van der Waals surface area contributed by atoms with E-state index in [1.54, 1.807) is 0 Å². The van der Waals surface area contributed by atoms with Gasteiger partial charge in [0.15, 0.2) is 0 Å². The fourth-order valence-electron chi connectivity index (χ4n) is 2.52. The summed E-state index contributed by atoms with van der Waals surface area (Å²) in [6.45, 7) is 5.26. The minimum Gasteiger partial charge on any atom is -0.380 e. The molecule has 0 aromatic heterocycles. The molecule has 0 amide bonds. The van der Waals surface area contributed by atoms with E-state index in [9.17, 15) is 0 Å². The molecule has 0 saturated heterocycles. The van der Waals surface area contributed by atoms with Crippen molar-refractivity contribution >= 4 is 0 Å². The Morgan fingerprint density at radius 3 is 2.60 bits per heavy atom. The van der Waals surface area contributed by atoms with Crippen LogP contribution in [0.4, 0.5) is 0 Å². The van der Waals surface area contributed by atoms with Crippen molar-refractivity contribution in [3.63, 3.8) is 0 Å². The van der Waals surface area contributed by atoms with Crippen LogP contribution in [0.25, 0.3) is 0 Å². The minimum absolute atomic E-state index is 0.692. The van der Waals surface area contributed by atoms with Crippen LogP contribution in [0.3, 0.4) is 0 Å². The fraction of sp³-hybridized carbons (Fsp3) is 1.00. The molecule has 2 fully saturated rings. The quantitative estimate of drug-likeness (QED) is 0.654. The predicted molar refractivity (Wildman–Crippen MR) is 63.0 cm³/mol. The Bertz CT molecular complexity index is 173. The van der Waals surface area contributed by atoms with Crippen LogP contribution in [0.2, 0.25) is 0 Å². The first-order valence-corrected chi connectivity index (χ1v) is 6.67.